The van der Waals surface area contributed by atoms with Crippen molar-refractivity contribution >= 4 is 57.5 Å². The number of rotatable bonds is 9. The molecular formula is C23H30ClN9O2S. The van der Waals surface area contributed by atoms with Crippen LogP contribution in [0.3, 0.4) is 0 Å². The van der Waals surface area contributed by atoms with Gasteiger partial charge in [-0.25, -0.2) is 4.98 Å². The maximum absolute atomic E-state index is 12.8. The van der Waals surface area contributed by atoms with E-state index >= 15 is 0 Å². The number of aliphatic hydroxyl groups is 1. The molecule has 0 atom stereocenters. The minimum Gasteiger partial charge on any atom is -0.395 e. The van der Waals surface area contributed by atoms with Crippen LogP contribution in [0.15, 0.2) is 24.4 Å². The summed E-state index contributed by atoms with van der Waals surface area (Å²) >= 11 is 7.43. The summed E-state index contributed by atoms with van der Waals surface area (Å²) in [5.41, 5.74) is 1.46. The Morgan fingerprint density at radius 2 is 1.92 bits per heavy atom. The Hall–Kier alpha value is -3.06. The molecule has 13 heteroatoms. The third-order valence-corrected chi connectivity index (χ3v) is 6.75. The molecule has 0 unspecified atom stereocenters. The van der Waals surface area contributed by atoms with Crippen molar-refractivity contribution in [1.82, 2.24) is 24.8 Å². The average Bonchev–Trinajstić information content (AvgIpc) is 3.30. The van der Waals surface area contributed by atoms with Crippen molar-refractivity contribution in [2.24, 2.45) is 0 Å². The Morgan fingerprint density at radius 3 is 2.61 bits per heavy atom. The number of nitrogens with one attached hydrogen (secondary N) is 3. The third kappa shape index (κ3) is 6.58. The summed E-state index contributed by atoms with van der Waals surface area (Å²) in [6, 6.07) is 5.59. The molecular weight excluding hydrogens is 502 g/mol. The van der Waals surface area contributed by atoms with E-state index in [2.05, 4.69) is 45.7 Å². The van der Waals surface area contributed by atoms with Crippen molar-refractivity contribution in [2.45, 2.75) is 26.8 Å². The molecule has 4 N–H and O–H groups in total. The van der Waals surface area contributed by atoms with Gasteiger partial charge in [-0.3, -0.25) is 15.0 Å². The average molecular weight is 532 g/mol. The van der Waals surface area contributed by atoms with Crippen LogP contribution in [0.1, 0.15) is 29.1 Å². The molecule has 4 rings (SSSR count). The molecule has 1 aromatic carbocycles. The summed E-state index contributed by atoms with van der Waals surface area (Å²) in [5.74, 6) is 1.06. The Kier molecular flexibility index (Phi) is 8.52. The van der Waals surface area contributed by atoms with E-state index in [1.165, 1.54) is 17.5 Å². The number of benzene rings is 1. The van der Waals surface area contributed by atoms with Gasteiger partial charge in [-0.2, -0.15) is 15.0 Å². The first-order chi connectivity index (χ1) is 17.3. The van der Waals surface area contributed by atoms with Gasteiger partial charge in [0.05, 0.1) is 23.5 Å². The first kappa shape index (κ1) is 26.0. The minimum atomic E-state index is -0.295. The van der Waals surface area contributed by atoms with E-state index in [1.807, 2.05) is 32.9 Å². The summed E-state index contributed by atoms with van der Waals surface area (Å²) in [6.45, 7) is 9.83. The number of nitrogens with zero attached hydrogens (tertiary/aromatic N) is 6. The molecule has 1 aliphatic heterocycles. The van der Waals surface area contributed by atoms with E-state index in [-0.39, 0.29) is 18.6 Å². The van der Waals surface area contributed by atoms with Gasteiger partial charge < -0.3 is 20.6 Å². The molecule has 1 amide bonds. The number of amides is 1. The molecule has 0 spiro atoms. The van der Waals surface area contributed by atoms with E-state index in [0.717, 1.165) is 31.7 Å². The summed E-state index contributed by atoms with van der Waals surface area (Å²) < 4.78 is 0. The maximum atomic E-state index is 12.8. The van der Waals surface area contributed by atoms with Gasteiger partial charge in [0, 0.05) is 38.8 Å². The van der Waals surface area contributed by atoms with Gasteiger partial charge in [-0.15, -0.1) is 0 Å². The second-order valence-electron chi connectivity index (χ2n) is 8.67. The zero-order valence-corrected chi connectivity index (χ0v) is 22.0. The standard InChI is InChI=1S/C23H30ClN9O2S/c1-14(2)26-20-28-21(30-22(29-20)33-9-7-32(8-10-33)11-12-34)31-23-25-13-17(36-23)19(35)27-18-15(3)5-4-6-16(18)24/h4-6,13-14,34H,7-12H2,1-3H3,(H,27,35)(H2,25,26,28,29,30,31). The summed E-state index contributed by atoms with van der Waals surface area (Å²) in [5, 5.41) is 19.4. The molecule has 0 bridgehead atoms. The van der Waals surface area contributed by atoms with Crippen LogP contribution < -0.4 is 20.9 Å². The van der Waals surface area contributed by atoms with Gasteiger partial charge in [0.1, 0.15) is 4.88 Å². The number of halogens is 1. The summed E-state index contributed by atoms with van der Waals surface area (Å²) in [4.78, 5) is 35.5. The number of aryl methyl sites for hydroxylation is 1. The Bertz CT molecular complexity index is 1180. The SMILES string of the molecule is Cc1cccc(Cl)c1NC(=O)c1cnc(Nc2nc(NC(C)C)nc(N3CCN(CCO)CC3)n2)s1. The molecule has 36 heavy (non-hydrogen) atoms. The summed E-state index contributed by atoms with van der Waals surface area (Å²) in [6.07, 6.45) is 1.50. The van der Waals surface area contributed by atoms with Gasteiger partial charge in [0.25, 0.3) is 5.91 Å². The third-order valence-electron chi connectivity index (χ3n) is 5.52. The lowest BCUT2D eigenvalue weighted by Crippen LogP contribution is -2.47. The maximum Gasteiger partial charge on any atom is 0.267 e. The lowest BCUT2D eigenvalue weighted by Gasteiger charge is -2.34. The van der Waals surface area contributed by atoms with Gasteiger partial charge in [-0.1, -0.05) is 35.1 Å². The predicted octanol–water partition coefficient (Wildman–Crippen LogP) is 3.22. The van der Waals surface area contributed by atoms with Crippen LogP contribution in [0.25, 0.3) is 0 Å². The largest absolute Gasteiger partial charge is 0.395 e. The number of hydrogen-bond acceptors (Lipinski definition) is 11. The molecule has 2 aromatic heterocycles. The topological polar surface area (TPSA) is 131 Å². The molecule has 11 nitrogen and oxygen atoms in total. The lowest BCUT2D eigenvalue weighted by molar-refractivity contribution is 0.103. The fourth-order valence-corrected chi connectivity index (χ4v) is 4.67. The molecule has 1 fully saturated rings. The molecule has 192 valence electrons. The number of para-hydroxylation sites is 1. The van der Waals surface area contributed by atoms with E-state index in [0.29, 0.717) is 45.1 Å². The monoisotopic (exact) mass is 531 g/mol. The highest BCUT2D eigenvalue weighted by molar-refractivity contribution is 7.17. The van der Waals surface area contributed by atoms with Crippen molar-refractivity contribution in [1.29, 1.82) is 0 Å². The second kappa shape index (κ2) is 11.8. The Balaban J connectivity index is 1.49. The van der Waals surface area contributed by atoms with E-state index in [1.54, 1.807) is 6.07 Å². The number of aromatic nitrogens is 4. The zero-order valence-electron chi connectivity index (χ0n) is 20.5. The van der Waals surface area contributed by atoms with Crippen LogP contribution in [0.2, 0.25) is 5.02 Å². The summed E-state index contributed by atoms with van der Waals surface area (Å²) in [7, 11) is 0. The zero-order chi connectivity index (χ0) is 25.7. The quantitative estimate of drug-likeness (QED) is 0.326. The number of β-amino-alcohol motifs (C(OH)–C–C–N with tert-alkyl or cyclic N) is 1. The molecule has 1 aliphatic rings. The molecule has 0 aliphatic carbocycles. The number of thiazole rings is 1. The number of aliphatic hydroxyl groups excluding tert-OH is 1. The fraction of sp³-hybridized carbons (Fsp3) is 0.435. The molecule has 3 aromatic rings. The number of hydrogen-bond donors (Lipinski definition) is 4. The Morgan fingerprint density at radius 1 is 1.17 bits per heavy atom. The Labute approximate surface area is 219 Å². The predicted molar refractivity (Wildman–Crippen MR) is 144 cm³/mol. The van der Waals surface area contributed by atoms with Gasteiger partial charge in [-0.05, 0) is 32.4 Å². The first-order valence-corrected chi connectivity index (χ1v) is 12.9. The van der Waals surface area contributed by atoms with Crippen LogP contribution in [0.5, 0.6) is 0 Å². The van der Waals surface area contributed by atoms with Crippen molar-refractivity contribution in [3.8, 4) is 0 Å². The van der Waals surface area contributed by atoms with E-state index in [9.17, 15) is 9.90 Å². The number of anilines is 5. The number of piperazine rings is 1. The van der Waals surface area contributed by atoms with E-state index in [4.69, 9.17) is 11.6 Å². The molecule has 1 saturated heterocycles. The van der Waals surface area contributed by atoms with Crippen LogP contribution in [-0.2, 0) is 0 Å². The smallest absolute Gasteiger partial charge is 0.267 e. The molecule has 0 saturated carbocycles. The fourth-order valence-electron chi connectivity index (χ4n) is 3.70. The highest BCUT2D eigenvalue weighted by atomic mass is 35.5. The van der Waals surface area contributed by atoms with Crippen LogP contribution in [0, 0.1) is 6.92 Å². The van der Waals surface area contributed by atoms with Gasteiger partial charge in [0.2, 0.25) is 17.8 Å². The van der Waals surface area contributed by atoms with Gasteiger partial charge in [0.15, 0.2) is 5.13 Å². The van der Waals surface area contributed by atoms with Crippen molar-refractivity contribution < 1.29 is 9.90 Å². The van der Waals surface area contributed by atoms with Crippen LogP contribution in [-0.4, -0.2) is 81.2 Å². The van der Waals surface area contributed by atoms with Crippen molar-refractivity contribution in [3.05, 3.63) is 39.9 Å². The van der Waals surface area contributed by atoms with Crippen molar-refractivity contribution in [3.63, 3.8) is 0 Å². The highest BCUT2D eigenvalue weighted by Gasteiger charge is 2.21. The van der Waals surface area contributed by atoms with Crippen molar-refractivity contribution in [2.75, 3.05) is 60.2 Å². The molecule has 0 radical (unpaired) electrons. The normalized spacial score (nSPS) is 14.2. The number of carbonyl (C=O) groups is 1. The minimum absolute atomic E-state index is 0.137. The highest BCUT2D eigenvalue weighted by Crippen LogP contribution is 2.28. The molecule has 3 heterocycles. The van der Waals surface area contributed by atoms with Crippen LogP contribution in [0.4, 0.5) is 28.7 Å². The number of carbonyl (C=O) groups excluding carboxylic acids is 1. The van der Waals surface area contributed by atoms with Gasteiger partial charge >= 0.3 is 0 Å². The second-order valence-corrected chi connectivity index (χ2v) is 10.1. The lowest BCUT2D eigenvalue weighted by atomic mass is 10.2. The van der Waals surface area contributed by atoms with Crippen LogP contribution >= 0.6 is 22.9 Å². The first-order valence-electron chi connectivity index (χ1n) is 11.7. The van der Waals surface area contributed by atoms with E-state index < -0.39 is 0 Å².